The van der Waals surface area contributed by atoms with Gasteiger partial charge in [-0.15, -0.1) is 0 Å². The first kappa shape index (κ1) is 15.9. The number of hydrogen-bond acceptors (Lipinski definition) is 4. The second-order valence-electron chi connectivity index (χ2n) is 6.47. The highest BCUT2D eigenvalue weighted by molar-refractivity contribution is 5.35. The van der Waals surface area contributed by atoms with Crippen LogP contribution >= 0.6 is 0 Å². The van der Waals surface area contributed by atoms with Gasteiger partial charge in [-0.3, -0.25) is 4.90 Å². The molecule has 1 heterocycles. The van der Waals surface area contributed by atoms with E-state index in [-0.39, 0.29) is 0 Å². The molecule has 0 atom stereocenters. The van der Waals surface area contributed by atoms with E-state index in [1.807, 2.05) is 13.0 Å². The quantitative estimate of drug-likeness (QED) is 0.857. The molecule has 19 heavy (non-hydrogen) atoms. The molecule has 4 nitrogen and oxygen atoms in total. The SMILES string of the molecule is CCCNc1cc(C)nc(CN(C)CC(C)(C)C)n1. The van der Waals surface area contributed by atoms with E-state index >= 15 is 0 Å². The minimum absolute atomic E-state index is 0.294. The van der Waals surface area contributed by atoms with E-state index in [0.29, 0.717) is 5.41 Å². The molecule has 0 spiro atoms. The maximum Gasteiger partial charge on any atom is 0.144 e. The van der Waals surface area contributed by atoms with E-state index in [1.54, 1.807) is 0 Å². The van der Waals surface area contributed by atoms with Gasteiger partial charge >= 0.3 is 0 Å². The average Bonchev–Trinajstić information content (AvgIpc) is 2.22. The Bertz CT molecular complexity index is 396. The van der Waals surface area contributed by atoms with Gasteiger partial charge in [0.05, 0.1) is 6.54 Å². The second-order valence-corrected chi connectivity index (χ2v) is 6.47. The van der Waals surface area contributed by atoms with Crippen LogP contribution in [0.15, 0.2) is 6.07 Å². The van der Waals surface area contributed by atoms with E-state index in [2.05, 4.69) is 54.9 Å². The van der Waals surface area contributed by atoms with E-state index in [9.17, 15) is 0 Å². The van der Waals surface area contributed by atoms with Crippen LogP contribution in [0, 0.1) is 12.3 Å². The lowest BCUT2D eigenvalue weighted by Gasteiger charge is -2.26. The van der Waals surface area contributed by atoms with E-state index in [1.165, 1.54) is 0 Å². The van der Waals surface area contributed by atoms with Crippen molar-refractivity contribution in [2.45, 2.75) is 47.6 Å². The lowest BCUT2D eigenvalue weighted by molar-refractivity contribution is 0.217. The summed E-state index contributed by atoms with van der Waals surface area (Å²) in [5.41, 5.74) is 1.31. The Morgan fingerprint density at radius 1 is 1.26 bits per heavy atom. The van der Waals surface area contributed by atoms with Gasteiger partial charge in [-0.25, -0.2) is 9.97 Å². The summed E-state index contributed by atoms with van der Waals surface area (Å²) >= 11 is 0. The zero-order chi connectivity index (χ0) is 14.5. The molecule has 1 aromatic rings. The molecule has 108 valence electrons. The molecule has 0 saturated carbocycles. The predicted octanol–water partition coefficient (Wildman–Crippen LogP) is 3.08. The molecule has 0 aliphatic rings. The molecule has 0 bridgehead atoms. The Balaban J connectivity index is 2.69. The van der Waals surface area contributed by atoms with Crippen molar-refractivity contribution >= 4 is 5.82 Å². The maximum absolute atomic E-state index is 4.58. The van der Waals surface area contributed by atoms with Crippen molar-refractivity contribution in [1.29, 1.82) is 0 Å². The fourth-order valence-corrected chi connectivity index (χ4v) is 2.15. The Morgan fingerprint density at radius 3 is 2.53 bits per heavy atom. The maximum atomic E-state index is 4.58. The van der Waals surface area contributed by atoms with Crippen molar-refractivity contribution in [3.8, 4) is 0 Å². The molecule has 1 aromatic heterocycles. The molecule has 0 aliphatic carbocycles. The lowest BCUT2D eigenvalue weighted by atomic mass is 9.96. The van der Waals surface area contributed by atoms with Gasteiger partial charge in [0.1, 0.15) is 11.6 Å². The summed E-state index contributed by atoms with van der Waals surface area (Å²) in [7, 11) is 2.12. The van der Waals surface area contributed by atoms with Crippen molar-refractivity contribution in [2.75, 3.05) is 25.5 Å². The minimum Gasteiger partial charge on any atom is -0.370 e. The van der Waals surface area contributed by atoms with Crippen LogP contribution in [0.5, 0.6) is 0 Å². The number of aryl methyl sites for hydroxylation is 1. The first-order valence-corrected chi connectivity index (χ1v) is 7.07. The molecular formula is C15H28N4. The predicted molar refractivity (Wildman–Crippen MR) is 81.3 cm³/mol. The van der Waals surface area contributed by atoms with Gasteiger partial charge in [0, 0.05) is 24.8 Å². The number of nitrogens with one attached hydrogen (secondary N) is 1. The summed E-state index contributed by atoms with van der Waals surface area (Å²) in [6.07, 6.45) is 1.10. The van der Waals surface area contributed by atoms with Crippen LogP contribution < -0.4 is 5.32 Å². The topological polar surface area (TPSA) is 41.1 Å². The zero-order valence-electron chi connectivity index (χ0n) is 13.2. The van der Waals surface area contributed by atoms with Crippen LogP contribution in [0.1, 0.15) is 45.6 Å². The number of rotatable bonds is 6. The third-order valence-electron chi connectivity index (χ3n) is 2.61. The molecule has 0 radical (unpaired) electrons. The molecule has 0 aromatic carbocycles. The number of anilines is 1. The van der Waals surface area contributed by atoms with Gasteiger partial charge in [0.25, 0.3) is 0 Å². The normalized spacial score (nSPS) is 11.9. The molecule has 4 heteroatoms. The van der Waals surface area contributed by atoms with Crippen LogP contribution in [0.4, 0.5) is 5.82 Å². The standard InChI is InChI=1S/C15H28N4/c1-7-8-16-13-9-12(2)17-14(18-13)10-19(6)11-15(3,4)5/h9H,7-8,10-11H2,1-6H3,(H,16,17,18). The van der Waals surface area contributed by atoms with E-state index in [4.69, 9.17) is 0 Å². The fraction of sp³-hybridized carbons (Fsp3) is 0.733. The summed E-state index contributed by atoms with van der Waals surface area (Å²) in [4.78, 5) is 11.4. The third-order valence-corrected chi connectivity index (χ3v) is 2.61. The molecule has 0 saturated heterocycles. The molecule has 1 N–H and O–H groups in total. The first-order valence-electron chi connectivity index (χ1n) is 7.07. The number of aromatic nitrogens is 2. The number of nitrogens with zero attached hydrogens (tertiary/aromatic N) is 3. The average molecular weight is 264 g/mol. The Kier molecular flexibility index (Phi) is 5.73. The second kappa shape index (κ2) is 6.85. The molecule has 0 fully saturated rings. The summed E-state index contributed by atoms with van der Waals surface area (Å²) in [6, 6.07) is 2.00. The molecular weight excluding hydrogens is 236 g/mol. The smallest absolute Gasteiger partial charge is 0.144 e. The minimum atomic E-state index is 0.294. The van der Waals surface area contributed by atoms with Gasteiger partial charge in [-0.1, -0.05) is 27.7 Å². The van der Waals surface area contributed by atoms with Crippen molar-refractivity contribution in [3.63, 3.8) is 0 Å². The fourth-order valence-electron chi connectivity index (χ4n) is 2.15. The summed E-state index contributed by atoms with van der Waals surface area (Å²) in [5, 5.41) is 3.33. The largest absolute Gasteiger partial charge is 0.370 e. The van der Waals surface area contributed by atoms with Crippen molar-refractivity contribution in [1.82, 2.24) is 14.9 Å². The van der Waals surface area contributed by atoms with Gasteiger partial charge in [0.2, 0.25) is 0 Å². The van der Waals surface area contributed by atoms with Crippen LogP contribution in [-0.2, 0) is 6.54 Å². The Labute approximate surface area is 117 Å². The van der Waals surface area contributed by atoms with Crippen LogP contribution in [0.25, 0.3) is 0 Å². The van der Waals surface area contributed by atoms with Crippen molar-refractivity contribution < 1.29 is 0 Å². The van der Waals surface area contributed by atoms with Crippen LogP contribution in [-0.4, -0.2) is 35.0 Å². The zero-order valence-corrected chi connectivity index (χ0v) is 13.2. The highest BCUT2D eigenvalue weighted by atomic mass is 15.1. The first-order chi connectivity index (χ1) is 8.80. The summed E-state index contributed by atoms with van der Waals surface area (Å²) < 4.78 is 0. The summed E-state index contributed by atoms with van der Waals surface area (Å²) in [5.74, 6) is 1.83. The van der Waals surface area contributed by atoms with E-state index in [0.717, 1.165) is 43.4 Å². The Hall–Kier alpha value is -1.16. The number of hydrogen-bond donors (Lipinski definition) is 1. The van der Waals surface area contributed by atoms with Gasteiger partial charge < -0.3 is 5.32 Å². The lowest BCUT2D eigenvalue weighted by Crippen LogP contribution is -2.29. The summed E-state index contributed by atoms with van der Waals surface area (Å²) in [6.45, 7) is 13.7. The van der Waals surface area contributed by atoms with Gasteiger partial charge in [-0.05, 0) is 25.8 Å². The van der Waals surface area contributed by atoms with Gasteiger partial charge in [-0.2, -0.15) is 0 Å². The third kappa shape index (κ3) is 6.53. The molecule has 0 amide bonds. The van der Waals surface area contributed by atoms with Crippen LogP contribution in [0.2, 0.25) is 0 Å². The van der Waals surface area contributed by atoms with Crippen LogP contribution in [0.3, 0.4) is 0 Å². The monoisotopic (exact) mass is 264 g/mol. The van der Waals surface area contributed by atoms with Crippen molar-refractivity contribution in [3.05, 3.63) is 17.6 Å². The van der Waals surface area contributed by atoms with Crippen molar-refractivity contribution in [2.24, 2.45) is 5.41 Å². The van der Waals surface area contributed by atoms with Gasteiger partial charge in [0.15, 0.2) is 0 Å². The highest BCUT2D eigenvalue weighted by Gasteiger charge is 2.14. The molecule has 0 aliphatic heterocycles. The van der Waals surface area contributed by atoms with E-state index < -0.39 is 0 Å². The Morgan fingerprint density at radius 2 is 1.95 bits per heavy atom. The molecule has 0 unspecified atom stereocenters. The molecule has 1 rings (SSSR count). The highest BCUT2D eigenvalue weighted by Crippen LogP contribution is 2.15.